The number of amides is 1. The Morgan fingerprint density at radius 3 is 2.82 bits per heavy atom. The van der Waals surface area contributed by atoms with Crippen molar-refractivity contribution in [3.8, 4) is 23.1 Å². The molecule has 3 aromatic rings. The third-order valence-electron chi connectivity index (χ3n) is 4.37. The van der Waals surface area contributed by atoms with Crippen molar-refractivity contribution >= 4 is 17.2 Å². The minimum atomic E-state index is -1.08. The van der Waals surface area contributed by atoms with Gasteiger partial charge in [-0.25, -0.2) is 14.8 Å². The molecule has 8 heteroatoms. The van der Waals surface area contributed by atoms with Gasteiger partial charge in [-0.2, -0.15) is 0 Å². The molecule has 2 aromatic heterocycles. The zero-order chi connectivity index (χ0) is 19.5. The monoisotopic (exact) mass is 383 g/mol. The van der Waals surface area contributed by atoms with E-state index in [1.54, 1.807) is 31.3 Å². The molecule has 1 saturated carbocycles. The Morgan fingerprint density at radius 1 is 1.29 bits per heavy atom. The number of nitrogens with one attached hydrogen (secondary N) is 1. The zero-order valence-corrected chi connectivity index (χ0v) is 15.4. The highest BCUT2D eigenvalue weighted by atomic mass is 16.5. The summed E-state index contributed by atoms with van der Waals surface area (Å²) in [5, 5.41) is 11.0. The fourth-order valence-corrected chi connectivity index (χ4v) is 2.67. The van der Waals surface area contributed by atoms with E-state index >= 15 is 0 Å². The third-order valence-corrected chi connectivity index (χ3v) is 4.37. The minimum Gasteiger partial charge on any atom is -0.492 e. The molecule has 1 amide bonds. The highest BCUT2D eigenvalue weighted by Crippen LogP contribution is 2.30. The number of oxazole rings is 1. The molecule has 0 unspecified atom stereocenters. The van der Waals surface area contributed by atoms with Gasteiger partial charge in [-0.05, 0) is 49.9 Å². The molecule has 2 heterocycles. The van der Waals surface area contributed by atoms with Crippen LogP contribution in [0.5, 0.6) is 11.5 Å². The van der Waals surface area contributed by atoms with Gasteiger partial charge in [-0.1, -0.05) is 0 Å². The van der Waals surface area contributed by atoms with Crippen LogP contribution in [0, 0.1) is 5.92 Å². The smallest absolute Gasteiger partial charge is 0.404 e. The first-order valence-electron chi connectivity index (χ1n) is 9.19. The van der Waals surface area contributed by atoms with E-state index in [1.165, 1.54) is 12.8 Å². The second kappa shape index (κ2) is 7.75. The van der Waals surface area contributed by atoms with Crippen LogP contribution in [0.3, 0.4) is 0 Å². The molecule has 28 heavy (non-hydrogen) atoms. The first-order valence-corrected chi connectivity index (χ1v) is 9.19. The normalized spacial score (nSPS) is 14.6. The van der Waals surface area contributed by atoms with Crippen molar-refractivity contribution in [2.24, 2.45) is 5.92 Å². The quantitative estimate of drug-likeness (QED) is 0.610. The van der Waals surface area contributed by atoms with Gasteiger partial charge in [0.1, 0.15) is 29.3 Å². The summed E-state index contributed by atoms with van der Waals surface area (Å²) in [6.07, 6.45) is 3.09. The number of rotatable bonds is 8. The van der Waals surface area contributed by atoms with Crippen molar-refractivity contribution in [2.75, 3.05) is 13.2 Å². The summed E-state index contributed by atoms with van der Waals surface area (Å²) in [6, 6.07) is 8.65. The molecule has 1 aliphatic carbocycles. The van der Waals surface area contributed by atoms with E-state index in [-0.39, 0.29) is 12.6 Å². The lowest BCUT2D eigenvalue weighted by atomic mass is 10.3. The van der Waals surface area contributed by atoms with E-state index in [9.17, 15) is 4.79 Å². The number of aromatic nitrogens is 2. The summed E-state index contributed by atoms with van der Waals surface area (Å²) in [4.78, 5) is 19.5. The number of carbonyl (C=O) groups is 1. The van der Waals surface area contributed by atoms with Crippen molar-refractivity contribution in [1.82, 2.24) is 15.3 Å². The summed E-state index contributed by atoms with van der Waals surface area (Å²) >= 11 is 0. The minimum absolute atomic E-state index is 0.211. The van der Waals surface area contributed by atoms with Gasteiger partial charge in [0.05, 0.1) is 18.8 Å². The SMILES string of the molecule is C[C@@H](COc1ccc2nc(-c3ccc(OCC4CC4)cn3)oc2c1)NC(=O)O. The topological polar surface area (TPSA) is 107 Å². The van der Waals surface area contributed by atoms with Crippen LogP contribution in [-0.4, -0.2) is 40.4 Å². The standard InChI is InChI=1S/C20H21N3O5/c1-12(22-20(24)25)10-26-14-4-6-16-18(8-14)28-19(23-16)17-7-5-15(9-21-17)27-11-13-2-3-13/h4-9,12-13,22H,2-3,10-11H2,1H3,(H,24,25)/t12-/m0/s1. The van der Waals surface area contributed by atoms with Gasteiger partial charge < -0.3 is 24.3 Å². The molecular formula is C20H21N3O5. The fraction of sp³-hybridized carbons (Fsp3) is 0.350. The zero-order valence-electron chi connectivity index (χ0n) is 15.4. The fourth-order valence-electron chi connectivity index (χ4n) is 2.67. The Balaban J connectivity index is 1.43. The Hall–Kier alpha value is -3.29. The van der Waals surface area contributed by atoms with Crippen LogP contribution in [0.1, 0.15) is 19.8 Å². The van der Waals surface area contributed by atoms with Gasteiger partial charge in [0.15, 0.2) is 5.58 Å². The molecule has 1 aromatic carbocycles. The highest BCUT2D eigenvalue weighted by molar-refractivity contribution is 5.77. The third kappa shape index (κ3) is 4.51. The molecular weight excluding hydrogens is 362 g/mol. The Labute approximate surface area is 161 Å². The molecule has 0 spiro atoms. The second-order valence-electron chi connectivity index (χ2n) is 6.94. The molecule has 2 N–H and O–H groups in total. The molecule has 0 saturated heterocycles. The van der Waals surface area contributed by atoms with Crippen LogP contribution >= 0.6 is 0 Å². The number of hydrogen-bond donors (Lipinski definition) is 2. The van der Waals surface area contributed by atoms with E-state index in [4.69, 9.17) is 19.0 Å². The first-order chi connectivity index (χ1) is 13.6. The number of ether oxygens (including phenoxy) is 2. The number of hydrogen-bond acceptors (Lipinski definition) is 6. The van der Waals surface area contributed by atoms with E-state index in [0.29, 0.717) is 34.4 Å². The van der Waals surface area contributed by atoms with Crippen molar-refractivity contribution in [1.29, 1.82) is 0 Å². The summed E-state index contributed by atoms with van der Waals surface area (Å²) in [5.74, 6) is 2.43. The summed E-state index contributed by atoms with van der Waals surface area (Å²) in [7, 11) is 0. The Kier molecular flexibility index (Phi) is 5.01. The molecule has 1 fully saturated rings. The molecule has 1 atom stereocenters. The molecule has 4 rings (SSSR count). The molecule has 8 nitrogen and oxygen atoms in total. The van der Waals surface area contributed by atoms with Gasteiger partial charge in [0, 0.05) is 6.07 Å². The number of carboxylic acid groups (broad SMARTS) is 1. The van der Waals surface area contributed by atoms with Crippen LogP contribution in [0.2, 0.25) is 0 Å². The number of fused-ring (bicyclic) bond motifs is 1. The predicted octanol–water partition coefficient (Wildman–Crippen LogP) is 3.71. The van der Waals surface area contributed by atoms with Gasteiger partial charge in [-0.15, -0.1) is 0 Å². The van der Waals surface area contributed by atoms with Crippen LogP contribution in [0.25, 0.3) is 22.7 Å². The number of benzene rings is 1. The Morgan fingerprint density at radius 2 is 2.11 bits per heavy atom. The number of pyridine rings is 1. The largest absolute Gasteiger partial charge is 0.492 e. The lowest BCUT2D eigenvalue weighted by Gasteiger charge is -2.12. The average Bonchev–Trinajstić information content (AvgIpc) is 3.41. The summed E-state index contributed by atoms with van der Waals surface area (Å²) in [5.41, 5.74) is 1.88. The van der Waals surface area contributed by atoms with E-state index in [1.807, 2.05) is 12.1 Å². The lowest BCUT2D eigenvalue weighted by molar-refractivity contribution is 0.183. The second-order valence-corrected chi connectivity index (χ2v) is 6.94. The van der Waals surface area contributed by atoms with Gasteiger partial charge in [-0.3, -0.25) is 0 Å². The maximum Gasteiger partial charge on any atom is 0.404 e. The van der Waals surface area contributed by atoms with Gasteiger partial charge in [0.2, 0.25) is 5.89 Å². The van der Waals surface area contributed by atoms with Crippen molar-refractivity contribution in [2.45, 2.75) is 25.8 Å². The maximum atomic E-state index is 10.6. The predicted molar refractivity (Wildman–Crippen MR) is 102 cm³/mol. The molecule has 1 aliphatic rings. The molecule has 0 radical (unpaired) electrons. The average molecular weight is 383 g/mol. The van der Waals surface area contributed by atoms with Crippen LogP contribution in [-0.2, 0) is 0 Å². The molecule has 0 bridgehead atoms. The van der Waals surface area contributed by atoms with E-state index < -0.39 is 6.09 Å². The maximum absolute atomic E-state index is 10.6. The van der Waals surface area contributed by atoms with Crippen LogP contribution < -0.4 is 14.8 Å². The van der Waals surface area contributed by atoms with Crippen LogP contribution in [0.15, 0.2) is 40.9 Å². The van der Waals surface area contributed by atoms with E-state index in [2.05, 4.69) is 15.3 Å². The van der Waals surface area contributed by atoms with Gasteiger partial charge >= 0.3 is 6.09 Å². The molecule has 0 aliphatic heterocycles. The van der Waals surface area contributed by atoms with Crippen LogP contribution in [0.4, 0.5) is 4.79 Å². The summed E-state index contributed by atoms with van der Waals surface area (Å²) < 4.78 is 17.1. The Bertz CT molecular complexity index is 966. The molecule has 146 valence electrons. The van der Waals surface area contributed by atoms with Crippen molar-refractivity contribution in [3.63, 3.8) is 0 Å². The number of nitrogens with zero attached hydrogens (tertiary/aromatic N) is 2. The highest BCUT2D eigenvalue weighted by Gasteiger charge is 2.22. The van der Waals surface area contributed by atoms with Crippen molar-refractivity contribution < 1.29 is 23.8 Å². The summed E-state index contributed by atoms with van der Waals surface area (Å²) in [6.45, 7) is 2.68. The van der Waals surface area contributed by atoms with Crippen molar-refractivity contribution in [3.05, 3.63) is 36.5 Å². The first kappa shape index (κ1) is 18.1. The van der Waals surface area contributed by atoms with Gasteiger partial charge in [0.25, 0.3) is 0 Å². The lowest BCUT2D eigenvalue weighted by Crippen LogP contribution is -2.35. The van der Waals surface area contributed by atoms with E-state index in [0.717, 1.165) is 12.4 Å².